The number of rotatable bonds is 5. The quantitative estimate of drug-likeness (QED) is 0.726. The van der Waals surface area contributed by atoms with Crippen molar-refractivity contribution in [2.24, 2.45) is 0 Å². The lowest BCUT2D eigenvalue weighted by Gasteiger charge is -2.08. The van der Waals surface area contributed by atoms with Crippen molar-refractivity contribution in [3.05, 3.63) is 82.9 Å². The smallest absolute Gasteiger partial charge is 0.270 e. The summed E-state index contributed by atoms with van der Waals surface area (Å²) in [6.07, 6.45) is 1.49. The second kappa shape index (κ2) is 7.72. The summed E-state index contributed by atoms with van der Waals surface area (Å²) in [6, 6.07) is 14.6. The first-order valence-electron chi connectivity index (χ1n) is 7.49. The van der Waals surface area contributed by atoms with Gasteiger partial charge >= 0.3 is 0 Å². The highest BCUT2D eigenvalue weighted by Crippen LogP contribution is 2.22. The lowest BCUT2D eigenvalue weighted by Crippen LogP contribution is -2.24. The van der Waals surface area contributed by atoms with Crippen LogP contribution >= 0.6 is 11.6 Å². The number of carbonyl (C=O) groups excluding carboxylic acids is 1. The molecule has 0 atom stereocenters. The Kier molecular flexibility index (Phi) is 5.20. The van der Waals surface area contributed by atoms with Crippen molar-refractivity contribution in [3.63, 3.8) is 0 Å². The third-order valence-electron chi connectivity index (χ3n) is 3.37. The van der Waals surface area contributed by atoms with Crippen LogP contribution in [0.3, 0.4) is 0 Å². The van der Waals surface area contributed by atoms with Gasteiger partial charge in [0.25, 0.3) is 5.91 Å². The van der Waals surface area contributed by atoms with Crippen LogP contribution in [0, 0.1) is 5.82 Å². The number of halogens is 2. The topological polar surface area (TPSA) is 66.9 Å². The number of amides is 1. The summed E-state index contributed by atoms with van der Waals surface area (Å²) in [4.78, 5) is 20.5. The molecule has 0 aliphatic heterocycles. The Morgan fingerprint density at radius 1 is 1.08 bits per heavy atom. The minimum Gasteiger partial charge on any atom is -0.347 e. The van der Waals surface area contributed by atoms with Crippen LogP contribution in [0.15, 0.2) is 60.8 Å². The number of carbonyl (C=O) groups is 1. The van der Waals surface area contributed by atoms with Crippen LogP contribution in [0.5, 0.6) is 0 Å². The first-order valence-corrected chi connectivity index (χ1v) is 7.87. The van der Waals surface area contributed by atoms with Crippen molar-refractivity contribution < 1.29 is 9.18 Å². The number of hydrogen-bond acceptors (Lipinski definition) is 4. The van der Waals surface area contributed by atoms with E-state index >= 15 is 0 Å². The molecule has 0 saturated carbocycles. The minimum absolute atomic E-state index is 0.215. The lowest BCUT2D eigenvalue weighted by molar-refractivity contribution is 0.0946. The molecule has 2 aromatic carbocycles. The molecule has 0 spiro atoms. The third-order valence-corrected chi connectivity index (χ3v) is 3.70. The maximum Gasteiger partial charge on any atom is 0.270 e. The Hall–Kier alpha value is -2.99. The molecule has 0 saturated heterocycles. The van der Waals surface area contributed by atoms with Crippen molar-refractivity contribution >= 4 is 29.1 Å². The van der Waals surface area contributed by atoms with Gasteiger partial charge in [0.15, 0.2) is 0 Å². The average molecular weight is 357 g/mol. The first kappa shape index (κ1) is 16.9. The van der Waals surface area contributed by atoms with Gasteiger partial charge in [0.1, 0.15) is 11.5 Å². The third kappa shape index (κ3) is 4.51. The molecule has 3 rings (SSSR count). The molecule has 0 unspecified atom stereocenters. The highest BCUT2D eigenvalue weighted by molar-refractivity contribution is 6.33. The molecule has 25 heavy (non-hydrogen) atoms. The van der Waals surface area contributed by atoms with Gasteiger partial charge in [-0.3, -0.25) is 4.79 Å². The van der Waals surface area contributed by atoms with E-state index in [0.717, 1.165) is 5.56 Å². The van der Waals surface area contributed by atoms with Gasteiger partial charge in [0.2, 0.25) is 5.95 Å². The summed E-state index contributed by atoms with van der Waals surface area (Å²) in [6.45, 7) is 0.274. The molecule has 0 aliphatic carbocycles. The number of anilines is 2. The van der Waals surface area contributed by atoms with Gasteiger partial charge in [-0.25, -0.2) is 14.4 Å². The van der Waals surface area contributed by atoms with Crippen LogP contribution in [-0.2, 0) is 6.54 Å². The Morgan fingerprint density at radius 2 is 1.84 bits per heavy atom. The van der Waals surface area contributed by atoms with E-state index in [0.29, 0.717) is 10.7 Å². The highest BCUT2D eigenvalue weighted by atomic mass is 35.5. The molecule has 0 fully saturated rings. The van der Waals surface area contributed by atoms with Crippen LogP contribution in [0.1, 0.15) is 16.1 Å². The number of nitrogens with zero attached hydrogens (tertiary/aromatic N) is 2. The molecular weight excluding hydrogens is 343 g/mol. The van der Waals surface area contributed by atoms with E-state index in [1.807, 2.05) is 12.1 Å². The molecule has 7 heteroatoms. The Bertz CT molecular complexity index is 886. The van der Waals surface area contributed by atoms with E-state index in [9.17, 15) is 9.18 Å². The Morgan fingerprint density at radius 3 is 2.60 bits per heavy atom. The van der Waals surface area contributed by atoms with Crippen LogP contribution in [-0.4, -0.2) is 15.9 Å². The Balaban J connectivity index is 1.67. The van der Waals surface area contributed by atoms with Gasteiger partial charge in [-0.2, -0.15) is 0 Å². The molecule has 1 aromatic heterocycles. The molecule has 2 N–H and O–H groups in total. The number of hydrogen-bond donors (Lipinski definition) is 2. The second-order valence-corrected chi connectivity index (χ2v) is 5.59. The molecule has 3 aromatic rings. The fourth-order valence-corrected chi connectivity index (χ4v) is 2.29. The summed E-state index contributed by atoms with van der Waals surface area (Å²) in [5.74, 6) is -0.405. The van der Waals surface area contributed by atoms with E-state index in [2.05, 4.69) is 20.6 Å². The highest BCUT2D eigenvalue weighted by Gasteiger charge is 2.09. The van der Waals surface area contributed by atoms with Crippen LogP contribution in [0.25, 0.3) is 0 Å². The largest absolute Gasteiger partial charge is 0.347 e. The number of nitrogens with one attached hydrogen (secondary N) is 2. The van der Waals surface area contributed by atoms with Gasteiger partial charge in [-0.05, 0) is 35.9 Å². The predicted molar refractivity (Wildman–Crippen MR) is 94.3 cm³/mol. The molecule has 0 aliphatic rings. The Labute approximate surface area is 148 Å². The average Bonchev–Trinajstić information content (AvgIpc) is 2.63. The van der Waals surface area contributed by atoms with Gasteiger partial charge in [-0.15, -0.1) is 0 Å². The number of benzene rings is 2. The summed E-state index contributed by atoms with van der Waals surface area (Å²) < 4.78 is 12.9. The standard InChI is InChI=1S/C18H14ClFN4O/c19-14-3-1-2-4-15(14)23-18-21-10-9-16(24-18)17(25)22-11-12-5-7-13(20)8-6-12/h1-10H,11H2,(H,22,25)(H,21,23,24). The van der Waals surface area contributed by atoms with Gasteiger partial charge in [-0.1, -0.05) is 35.9 Å². The van der Waals surface area contributed by atoms with Crippen molar-refractivity contribution in [1.82, 2.24) is 15.3 Å². The fourth-order valence-electron chi connectivity index (χ4n) is 2.10. The van der Waals surface area contributed by atoms with Crippen molar-refractivity contribution in [3.8, 4) is 0 Å². The zero-order chi connectivity index (χ0) is 17.6. The summed E-state index contributed by atoms with van der Waals surface area (Å²) in [5, 5.41) is 6.23. The molecule has 1 heterocycles. The van der Waals surface area contributed by atoms with E-state index in [1.165, 1.54) is 24.4 Å². The van der Waals surface area contributed by atoms with Gasteiger partial charge in [0.05, 0.1) is 10.7 Å². The van der Waals surface area contributed by atoms with Crippen LogP contribution in [0.2, 0.25) is 5.02 Å². The molecule has 0 radical (unpaired) electrons. The van der Waals surface area contributed by atoms with Crippen molar-refractivity contribution in [1.29, 1.82) is 0 Å². The first-order chi connectivity index (χ1) is 12.1. The molecular formula is C18H14ClFN4O. The maximum atomic E-state index is 12.9. The molecule has 5 nitrogen and oxygen atoms in total. The number of aromatic nitrogens is 2. The molecule has 0 bridgehead atoms. The fraction of sp³-hybridized carbons (Fsp3) is 0.0556. The van der Waals surface area contributed by atoms with Crippen molar-refractivity contribution in [2.75, 3.05) is 5.32 Å². The zero-order valence-corrected chi connectivity index (χ0v) is 13.8. The number of para-hydroxylation sites is 1. The van der Waals surface area contributed by atoms with Gasteiger partial charge in [0, 0.05) is 12.7 Å². The molecule has 1 amide bonds. The summed E-state index contributed by atoms with van der Waals surface area (Å²) in [5.41, 5.74) is 1.65. The van der Waals surface area contributed by atoms with E-state index in [1.54, 1.807) is 24.3 Å². The van der Waals surface area contributed by atoms with E-state index in [4.69, 9.17) is 11.6 Å². The van der Waals surface area contributed by atoms with Crippen LogP contribution in [0.4, 0.5) is 16.0 Å². The van der Waals surface area contributed by atoms with E-state index in [-0.39, 0.29) is 29.9 Å². The summed E-state index contributed by atoms with van der Waals surface area (Å²) in [7, 11) is 0. The predicted octanol–water partition coefficient (Wildman–Crippen LogP) is 3.94. The monoisotopic (exact) mass is 356 g/mol. The minimum atomic E-state index is -0.353. The zero-order valence-electron chi connectivity index (χ0n) is 13.0. The SMILES string of the molecule is O=C(NCc1ccc(F)cc1)c1ccnc(Nc2ccccc2Cl)n1. The van der Waals surface area contributed by atoms with E-state index < -0.39 is 0 Å². The van der Waals surface area contributed by atoms with Gasteiger partial charge < -0.3 is 10.6 Å². The van der Waals surface area contributed by atoms with Crippen molar-refractivity contribution in [2.45, 2.75) is 6.54 Å². The summed E-state index contributed by atoms with van der Waals surface area (Å²) >= 11 is 6.08. The second-order valence-electron chi connectivity index (χ2n) is 5.18. The van der Waals surface area contributed by atoms with Crippen LogP contribution < -0.4 is 10.6 Å². The maximum absolute atomic E-state index is 12.9. The normalized spacial score (nSPS) is 10.3. The molecule has 126 valence electrons. The lowest BCUT2D eigenvalue weighted by atomic mass is 10.2.